The van der Waals surface area contributed by atoms with Crippen LogP contribution < -0.4 is 4.31 Å². The number of fused-ring (bicyclic) bond motifs is 3. The molecule has 1 aromatic heterocycles. The number of piperidine rings is 1. The maximum absolute atomic E-state index is 13.7. The van der Waals surface area contributed by atoms with Crippen LogP contribution in [0.1, 0.15) is 53.7 Å². The maximum atomic E-state index is 13.7. The number of carbonyl (C=O) groups excluding carboxylic acids is 1. The molecule has 3 aromatic carbocycles. The van der Waals surface area contributed by atoms with E-state index < -0.39 is 16.0 Å². The smallest absolute Gasteiger partial charge is 0.303 e. The number of unbranched alkanes of at least 4 members (excludes halogenated alkanes) is 1. The molecule has 9 nitrogen and oxygen atoms in total. The van der Waals surface area contributed by atoms with Crippen LogP contribution in [-0.2, 0) is 26.7 Å². The van der Waals surface area contributed by atoms with Gasteiger partial charge in [-0.15, -0.1) is 0 Å². The van der Waals surface area contributed by atoms with Gasteiger partial charge < -0.3 is 10.0 Å². The molecule has 0 unspecified atom stereocenters. The second kappa shape index (κ2) is 11.4. The fraction of sp³-hybridized carbons (Fsp3) is 0.333. The summed E-state index contributed by atoms with van der Waals surface area (Å²) in [6.07, 6.45) is 4.50. The molecule has 0 aliphatic carbocycles. The van der Waals surface area contributed by atoms with Crippen LogP contribution in [-0.4, -0.2) is 66.2 Å². The summed E-state index contributed by atoms with van der Waals surface area (Å²) in [4.78, 5) is 36.4. The van der Waals surface area contributed by atoms with E-state index in [0.717, 1.165) is 28.2 Å². The summed E-state index contributed by atoms with van der Waals surface area (Å²) >= 11 is 0. The summed E-state index contributed by atoms with van der Waals surface area (Å²) in [5.74, 6) is -0.899. The first-order chi connectivity index (χ1) is 20.6. The lowest BCUT2D eigenvalue weighted by molar-refractivity contribution is -0.137. The van der Waals surface area contributed by atoms with Crippen molar-refractivity contribution in [3.63, 3.8) is 0 Å². The Hall–Kier alpha value is -4.31. The van der Waals surface area contributed by atoms with Crippen LogP contribution >= 0.6 is 0 Å². The third-order valence-corrected chi connectivity index (χ3v) is 9.81. The first-order valence-electron chi connectivity index (χ1n) is 14.6. The van der Waals surface area contributed by atoms with Gasteiger partial charge in [0.1, 0.15) is 0 Å². The molecular formula is C33H34N4O5S. The number of carbonyl (C=O) groups is 2. The minimum absolute atomic E-state index is 0.0834. The second-order valence-electron chi connectivity index (χ2n) is 11.5. The highest BCUT2D eigenvalue weighted by atomic mass is 32.2. The number of sulfonamides is 1. The van der Waals surface area contributed by atoms with Gasteiger partial charge in [-0.05, 0) is 61.9 Å². The molecule has 1 saturated heterocycles. The lowest BCUT2D eigenvalue weighted by atomic mass is 9.74. The summed E-state index contributed by atoms with van der Waals surface area (Å²) in [5.41, 5.74) is 5.81. The first-order valence-corrected chi connectivity index (χ1v) is 16.4. The highest BCUT2D eigenvalue weighted by molar-refractivity contribution is 7.92. The van der Waals surface area contributed by atoms with E-state index in [9.17, 15) is 18.0 Å². The molecule has 1 spiro atoms. The minimum atomic E-state index is -3.41. The molecule has 4 aromatic rings. The SMILES string of the molecule is CS(=O)(=O)N1CC2(CCN(C(=O)c3ccc4nc(-c5ccccc5)c(CCCCC(=O)O)nc4c3)CC2)c2ccccc21. The van der Waals surface area contributed by atoms with Gasteiger partial charge in [0.05, 0.1) is 34.4 Å². The Balaban J connectivity index is 1.23. The Morgan fingerprint density at radius 1 is 0.907 bits per heavy atom. The van der Waals surface area contributed by atoms with E-state index in [1.807, 2.05) is 65.6 Å². The normalized spacial score (nSPS) is 16.0. The number of nitrogens with zero attached hydrogens (tertiary/aromatic N) is 4. The largest absolute Gasteiger partial charge is 0.481 e. The number of anilines is 1. The third-order valence-electron chi connectivity index (χ3n) is 8.68. The number of benzene rings is 3. The Morgan fingerprint density at radius 3 is 2.35 bits per heavy atom. The summed E-state index contributed by atoms with van der Waals surface area (Å²) in [5, 5.41) is 9.03. The molecule has 3 heterocycles. The number of aromatic nitrogens is 2. The Bertz CT molecular complexity index is 1800. The van der Waals surface area contributed by atoms with Gasteiger partial charge in [-0.25, -0.2) is 18.4 Å². The number of carboxylic acid groups (broad SMARTS) is 1. The van der Waals surface area contributed by atoms with E-state index in [4.69, 9.17) is 15.1 Å². The number of para-hydroxylation sites is 1. The topological polar surface area (TPSA) is 121 Å². The summed E-state index contributed by atoms with van der Waals surface area (Å²) < 4.78 is 26.6. The number of hydrogen-bond donors (Lipinski definition) is 1. The molecular weight excluding hydrogens is 564 g/mol. The molecule has 2 aliphatic heterocycles. The number of aliphatic carboxylic acids is 1. The van der Waals surface area contributed by atoms with Crippen molar-refractivity contribution in [3.8, 4) is 11.3 Å². The van der Waals surface area contributed by atoms with E-state index in [1.54, 1.807) is 12.1 Å². The van der Waals surface area contributed by atoms with E-state index in [1.165, 1.54) is 10.6 Å². The summed E-state index contributed by atoms with van der Waals surface area (Å²) in [6, 6.07) is 22.9. The number of likely N-dealkylation sites (tertiary alicyclic amines) is 1. The fourth-order valence-electron chi connectivity index (χ4n) is 6.42. The monoisotopic (exact) mass is 598 g/mol. The van der Waals surface area contributed by atoms with E-state index in [2.05, 4.69) is 0 Å². The average Bonchev–Trinajstić information content (AvgIpc) is 3.33. The van der Waals surface area contributed by atoms with Crippen molar-refractivity contribution in [3.05, 3.63) is 89.6 Å². The molecule has 43 heavy (non-hydrogen) atoms. The highest BCUT2D eigenvalue weighted by Crippen LogP contribution is 2.48. The fourth-order valence-corrected chi connectivity index (χ4v) is 7.42. The molecule has 1 amide bonds. The highest BCUT2D eigenvalue weighted by Gasteiger charge is 2.47. The third kappa shape index (κ3) is 5.71. The zero-order valence-corrected chi connectivity index (χ0v) is 24.9. The number of hydrogen-bond acceptors (Lipinski definition) is 6. The second-order valence-corrected chi connectivity index (χ2v) is 13.5. The molecule has 10 heteroatoms. The van der Waals surface area contributed by atoms with E-state index >= 15 is 0 Å². The predicted octanol–water partition coefficient (Wildman–Crippen LogP) is 5.05. The van der Waals surface area contributed by atoms with Crippen LogP contribution in [0, 0.1) is 0 Å². The molecule has 222 valence electrons. The zero-order valence-electron chi connectivity index (χ0n) is 24.1. The minimum Gasteiger partial charge on any atom is -0.481 e. The summed E-state index contributed by atoms with van der Waals surface area (Å²) in [7, 11) is -3.41. The molecule has 6 rings (SSSR count). The van der Waals surface area contributed by atoms with Crippen LogP contribution in [0.5, 0.6) is 0 Å². The van der Waals surface area contributed by atoms with Gasteiger partial charge in [-0.3, -0.25) is 13.9 Å². The molecule has 0 atom stereocenters. The molecule has 0 radical (unpaired) electrons. The van der Waals surface area contributed by atoms with E-state index in [0.29, 0.717) is 68.3 Å². The maximum Gasteiger partial charge on any atom is 0.303 e. The average molecular weight is 599 g/mol. The van der Waals surface area contributed by atoms with Crippen molar-refractivity contribution in [2.75, 3.05) is 30.2 Å². The molecule has 2 aliphatic rings. The van der Waals surface area contributed by atoms with Crippen molar-refractivity contribution >= 4 is 38.6 Å². The zero-order chi connectivity index (χ0) is 30.2. The van der Waals surface area contributed by atoms with Crippen molar-refractivity contribution in [2.45, 2.75) is 43.9 Å². The standard InChI is InChI=1S/C33H34N4O5S/c1-43(41,42)37-22-33(25-11-5-7-13-29(25)37)17-19-36(20-18-33)32(40)24-15-16-26-28(21-24)34-27(12-6-8-14-30(38)39)31(35-26)23-9-3-2-4-10-23/h2-5,7,9-11,13,15-16,21H,6,8,12,14,17-20,22H2,1H3,(H,38,39). The van der Waals surface area contributed by atoms with Gasteiger partial charge in [-0.2, -0.15) is 0 Å². The van der Waals surface area contributed by atoms with Crippen molar-refractivity contribution in [2.24, 2.45) is 0 Å². The Labute approximate surface area is 251 Å². The number of rotatable bonds is 8. The van der Waals surface area contributed by atoms with Gasteiger partial charge in [-0.1, -0.05) is 48.5 Å². The van der Waals surface area contributed by atoms with Crippen LogP contribution in [0.2, 0.25) is 0 Å². The van der Waals surface area contributed by atoms with Crippen LogP contribution in [0.4, 0.5) is 5.69 Å². The van der Waals surface area contributed by atoms with E-state index in [-0.39, 0.29) is 17.7 Å². The van der Waals surface area contributed by atoms with Gasteiger partial charge >= 0.3 is 5.97 Å². The van der Waals surface area contributed by atoms with Crippen LogP contribution in [0.25, 0.3) is 22.3 Å². The Morgan fingerprint density at radius 2 is 1.63 bits per heavy atom. The van der Waals surface area contributed by atoms with Crippen LogP contribution in [0.15, 0.2) is 72.8 Å². The Kier molecular flexibility index (Phi) is 7.64. The first kappa shape index (κ1) is 28.8. The lowest BCUT2D eigenvalue weighted by Gasteiger charge is -2.39. The van der Waals surface area contributed by atoms with Crippen LogP contribution in [0.3, 0.4) is 0 Å². The summed E-state index contributed by atoms with van der Waals surface area (Å²) in [6.45, 7) is 1.45. The predicted molar refractivity (Wildman–Crippen MR) is 166 cm³/mol. The molecule has 0 bridgehead atoms. The number of amides is 1. The van der Waals surface area contributed by atoms with Gasteiger partial charge in [0.2, 0.25) is 10.0 Å². The van der Waals surface area contributed by atoms with Gasteiger partial charge in [0.25, 0.3) is 5.91 Å². The molecule has 1 fully saturated rings. The molecule has 0 saturated carbocycles. The number of carboxylic acids is 1. The van der Waals surface area contributed by atoms with Gasteiger partial charge in [0.15, 0.2) is 0 Å². The lowest BCUT2D eigenvalue weighted by Crippen LogP contribution is -2.47. The van der Waals surface area contributed by atoms with Gasteiger partial charge in [0, 0.05) is 42.6 Å². The van der Waals surface area contributed by atoms with Crippen molar-refractivity contribution < 1.29 is 23.1 Å². The van der Waals surface area contributed by atoms with Crippen molar-refractivity contribution in [1.82, 2.24) is 14.9 Å². The molecule has 1 N–H and O–H groups in total. The quantitative estimate of drug-likeness (QED) is 0.282. The number of aryl methyl sites for hydroxylation is 1. The van der Waals surface area contributed by atoms with Crippen molar-refractivity contribution in [1.29, 1.82) is 0 Å².